The van der Waals surface area contributed by atoms with Gasteiger partial charge in [0, 0.05) is 6.92 Å². The molecular formula is C20H21O2. The van der Waals surface area contributed by atoms with Gasteiger partial charge in [-0.25, -0.2) is 0 Å². The Morgan fingerprint density at radius 3 is 1.91 bits per heavy atom. The maximum absolute atomic E-state index is 10.4. The molecule has 0 aromatic heterocycles. The van der Waals surface area contributed by atoms with Crippen molar-refractivity contribution in [2.45, 2.75) is 6.92 Å². The van der Waals surface area contributed by atoms with Crippen molar-refractivity contribution in [1.82, 2.24) is 0 Å². The van der Waals surface area contributed by atoms with Crippen LogP contribution in [0.4, 0.5) is 0 Å². The van der Waals surface area contributed by atoms with E-state index >= 15 is 0 Å². The Balaban J connectivity index is 0.000000235. The Labute approximate surface area is 132 Å². The molecule has 22 heavy (non-hydrogen) atoms. The van der Waals surface area contributed by atoms with Crippen LogP contribution >= 0.6 is 0 Å². The van der Waals surface area contributed by atoms with Crippen LogP contribution in [-0.4, -0.2) is 12.6 Å². The van der Waals surface area contributed by atoms with Crippen LogP contribution in [-0.2, 0) is 9.53 Å². The van der Waals surface area contributed by atoms with Crippen LogP contribution in [0.5, 0.6) is 0 Å². The van der Waals surface area contributed by atoms with E-state index in [-0.39, 0.29) is 5.97 Å². The van der Waals surface area contributed by atoms with Crippen LogP contribution in [0.25, 0.3) is 12.2 Å². The molecular weight excluding hydrogens is 272 g/mol. The first kappa shape index (κ1) is 17.4. The number of hydrogen-bond acceptors (Lipinski definition) is 2. The Morgan fingerprint density at radius 1 is 0.955 bits per heavy atom. The van der Waals surface area contributed by atoms with Crippen LogP contribution in [0, 0.1) is 6.92 Å². The summed E-state index contributed by atoms with van der Waals surface area (Å²) in [5, 5.41) is 0. The van der Waals surface area contributed by atoms with E-state index in [2.05, 4.69) is 6.92 Å². The monoisotopic (exact) mass is 293 g/mol. The van der Waals surface area contributed by atoms with Crippen molar-refractivity contribution in [2.24, 2.45) is 0 Å². The molecule has 0 atom stereocenters. The second-order valence-electron chi connectivity index (χ2n) is 4.43. The van der Waals surface area contributed by atoms with Gasteiger partial charge in [0.25, 0.3) is 0 Å². The Morgan fingerprint density at radius 2 is 1.45 bits per heavy atom. The maximum atomic E-state index is 10.4. The van der Waals surface area contributed by atoms with Gasteiger partial charge in [-0.2, -0.15) is 0 Å². The number of benzene rings is 2. The molecule has 0 bridgehead atoms. The lowest BCUT2D eigenvalue weighted by molar-refractivity contribution is -0.139. The van der Waals surface area contributed by atoms with E-state index in [1.807, 2.05) is 78.9 Å². The minimum atomic E-state index is -0.252. The molecule has 113 valence electrons. The van der Waals surface area contributed by atoms with Crippen LogP contribution < -0.4 is 0 Å². The molecule has 0 saturated carbocycles. The first-order chi connectivity index (χ1) is 10.7. The first-order valence-corrected chi connectivity index (χ1v) is 7.08. The lowest BCUT2D eigenvalue weighted by Crippen LogP contribution is -1.97. The van der Waals surface area contributed by atoms with Gasteiger partial charge in [0.1, 0.15) is 6.61 Å². The van der Waals surface area contributed by atoms with Crippen LogP contribution in [0.2, 0.25) is 0 Å². The Hall–Kier alpha value is -2.61. The number of ether oxygens (including phenoxy) is 1. The van der Waals surface area contributed by atoms with E-state index < -0.39 is 0 Å². The van der Waals surface area contributed by atoms with Crippen molar-refractivity contribution in [1.29, 1.82) is 0 Å². The van der Waals surface area contributed by atoms with Gasteiger partial charge in [-0.3, -0.25) is 4.79 Å². The molecule has 0 aliphatic carbocycles. The van der Waals surface area contributed by atoms with Crippen molar-refractivity contribution in [3.8, 4) is 0 Å². The fourth-order valence-electron chi connectivity index (χ4n) is 1.61. The number of hydrogen-bond donors (Lipinski definition) is 0. The SMILES string of the molecule is CC(=O)OC/C=C/c1ccccc1.[CH2]/C=C/c1ccccc1. The van der Waals surface area contributed by atoms with E-state index in [4.69, 9.17) is 4.74 Å². The summed E-state index contributed by atoms with van der Waals surface area (Å²) < 4.78 is 4.74. The van der Waals surface area contributed by atoms with Gasteiger partial charge in [0.05, 0.1) is 0 Å². The van der Waals surface area contributed by atoms with Crippen LogP contribution in [0.3, 0.4) is 0 Å². The lowest BCUT2D eigenvalue weighted by atomic mass is 10.2. The second kappa shape index (κ2) is 11.1. The second-order valence-corrected chi connectivity index (χ2v) is 4.43. The zero-order valence-corrected chi connectivity index (χ0v) is 12.8. The van der Waals surface area contributed by atoms with E-state index in [1.54, 1.807) is 6.08 Å². The average Bonchev–Trinajstić information content (AvgIpc) is 2.54. The number of carbonyl (C=O) groups is 1. The quantitative estimate of drug-likeness (QED) is 0.757. The fraction of sp³-hybridized carbons (Fsp3) is 0.100. The Bertz CT molecular complexity index is 584. The molecule has 2 rings (SSSR count). The summed E-state index contributed by atoms with van der Waals surface area (Å²) in [4.78, 5) is 10.4. The summed E-state index contributed by atoms with van der Waals surface area (Å²) in [6.07, 6.45) is 7.50. The van der Waals surface area contributed by atoms with Crippen molar-refractivity contribution in [3.63, 3.8) is 0 Å². The highest BCUT2D eigenvalue weighted by Crippen LogP contribution is 2.00. The average molecular weight is 293 g/mol. The molecule has 0 aliphatic rings. The summed E-state index contributed by atoms with van der Waals surface area (Å²) >= 11 is 0. The zero-order valence-electron chi connectivity index (χ0n) is 12.8. The van der Waals surface area contributed by atoms with Crippen molar-refractivity contribution >= 4 is 18.1 Å². The molecule has 2 nitrogen and oxygen atoms in total. The topological polar surface area (TPSA) is 26.3 Å². The van der Waals surface area contributed by atoms with E-state index in [0.717, 1.165) is 5.56 Å². The molecule has 0 N–H and O–H groups in total. The predicted molar refractivity (Wildman–Crippen MR) is 92.9 cm³/mol. The summed E-state index contributed by atoms with van der Waals surface area (Å²) in [5.74, 6) is -0.252. The first-order valence-electron chi connectivity index (χ1n) is 7.08. The van der Waals surface area contributed by atoms with Gasteiger partial charge < -0.3 is 4.74 Å². The van der Waals surface area contributed by atoms with Crippen molar-refractivity contribution in [3.05, 3.63) is 90.9 Å². The van der Waals surface area contributed by atoms with E-state index in [1.165, 1.54) is 12.5 Å². The zero-order chi connectivity index (χ0) is 16.0. The minimum absolute atomic E-state index is 0.252. The predicted octanol–water partition coefficient (Wildman–Crippen LogP) is 4.80. The standard InChI is InChI=1S/C11H12O2.C9H9/c1-10(12)13-9-5-8-11-6-3-2-4-7-11;1-2-6-9-7-4-3-5-8-9/h2-8H,9H2,1H3;2-8H,1H2/b8-5+;6-2+. The molecule has 0 heterocycles. The highest BCUT2D eigenvalue weighted by atomic mass is 16.5. The molecule has 0 fully saturated rings. The molecule has 0 spiro atoms. The number of esters is 1. The maximum Gasteiger partial charge on any atom is 0.302 e. The van der Waals surface area contributed by atoms with E-state index in [0.29, 0.717) is 6.61 Å². The smallest absolute Gasteiger partial charge is 0.302 e. The van der Waals surface area contributed by atoms with Crippen molar-refractivity contribution in [2.75, 3.05) is 6.61 Å². The van der Waals surface area contributed by atoms with Gasteiger partial charge in [0.2, 0.25) is 0 Å². The highest BCUT2D eigenvalue weighted by molar-refractivity contribution is 5.66. The van der Waals surface area contributed by atoms with Crippen molar-refractivity contribution < 1.29 is 9.53 Å². The summed E-state index contributed by atoms with van der Waals surface area (Å²) in [6, 6.07) is 20.0. The van der Waals surface area contributed by atoms with Crippen LogP contribution in [0.1, 0.15) is 18.1 Å². The normalized spacial score (nSPS) is 10.3. The summed E-state index contributed by atoms with van der Waals surface area (Å²) in [7, 11) is 0. The van der Waals surface area contributed by atoms with Gasteiger partial charge in [-0.15, -0.1) is 0 Å². The molecule has 0 unspecified atom stereocenters. The minimum Gasteiger partial charge on any atom is -0.462 e. The highest BCUT2D eigenvalue weighted by Gasteiger charge is 1.87. The van der Waals surface area contributed by atoms with Crippen LogP contribution in [0.15, 0.2) is 72.8 Å². The van der Waals surface area contributed by atoms with Gasteiger partial charge in [0.15, 0.2) is 0 Å². The van der Waals surface area contributed by atoms with Gasteiger partial charge >= 0.3 is 5.97 Å². The molecule has 0 aliphatic heterocycles. The molecule has 0 amide bonds. The fourth-order valence-corrected chi connectivity index (χ4v) is 1.61. The largest absolute Gasteiger partial charge is 0.462 e. The third-order valence-corrected chi connectivity index (χ3v) is 2.60. The third-order valence-electron chi connectivity index (χ3n) is 2.60. The number of rotatable bonds is 4. The van der Waals surface area contributed by atoms with Gasteiger partial charge in [-0.05, 0) is 24.1 Å². The summed E-state index contributed by atoms with van der Waals surface area (Å²) in [6.45, 7) is 5.34. The molecule has 0 saturated heterocycles. The number of allylic oxidation sites excluding steroid dienone is 1. The van der Waals surface area contributed by atoms with Gasteiger partial charge in [-0.1, -0.05) is 78.9 Å². The number of carbonyl (C=O) groups excluding carboxylic acids is 1. The third kappa shape index (κ3) is 8.54. The molecule has 1 radical (unpaired) electrons. The molecule has 2 heteroatoms. The Kier molecular flexibility index (Phi) is 8.79. The summed E-state index contributed by atoms with van der Waals surface area (Å²) in [5.41, 5.74) is 2.31. The lowest BCUT2D eigenvalue weighted by Gasteiger charge is -1.94. The van der Waals surface area contributed by atoms with E-state index in [9.17, 15) is 4.79 Å². The molecule has 2 aromatic carbocycles. The molecule has 2 aromatic rings.